The van der Waals surface area contributed by atoms with Crippen molar-refractivity contribution >= 4 is 21.9 Å². The maximum absolute atomic E-state index is 13.0. The smallest absolute Gasteiger partial charge is 0.344 e. The zero-order valence-corrected chi connectivity index (χ0v) is 19.5. The van der Waals surface area contributed by atoms with Crippen LogP contribution in [0.3, 0.4) is 0 Å². The molecule has 1 N–H and O–H groups in total. The van der Waals surface area contributed by atoms with Crippen molar-refractivity contribution in [3.63, 3.8) is 0 Å². The summed E-state index contributed by atoms with van der Waals surface area (Å²) < 4.78 is 16.5. The fourth-order valence-corrected chi connectivity index (χ4v) is 5.26. The standard InChI is InChI=1S/C27H27NO6/c1-15-9-16(2)13-28(12-15)14-21-22(29)8-7-18-19(11-24(30)33-26(18)21)20-10-17-5-4-6-23(32-3)25(17)34-27(20)31/h4-8,10-11,15-16,29H,9,12-14H2,1-3H3/t15-,16-/m1/s1. The highest BCUT2D eigenvalue weighted by atomic mass is 16.5. The van der Waals surface area contributed by atoms with E-state index in [-0.39, 0.29) is 11.3 Å². The Balaban J connectivity index is 1.68. The van der Waals surface area contributed by atoms with Crippen LogP contribution in [0.4, 0.5) is 0 Å². The molecule has 7 nitrogen and oxygen atoms in total. The summed E-state index contributed by atoms with van der Waals surface area (Å²) in [6.45, 7) is 6.70. The quantitative estimate of drug-likeness (QED) is 0.438. The molecule has 0 saturated carbocycles. The highest BCUT2D eigenvalue weighted by Crippen LogP contribution is 2.35. The molecule has 3 heterocycles. The number of methoxy groups -OCH3 is 1. The minimum atomic E-state index is -0.597. The average molecular weight is 462 g/mol. The number of hydrogen-bond donors (Lipinski definition) is 1. The van der Waals surface area contributed by atoms with Crippen molar-refractivity contribution in [3.8, 4) is 22.6 Å². The van der Waals surface area contributed by atoms with Crippen LogP contribution in [-0.2, 0) is 6.54 Å². The number of ether oxygens (including phenoxy) is 1. The zero-order valence-electron chi connectivity index (χ0n) is 19.5. The topological polar surface area (TPSA) is 93.1 Å². The number of hydrogen-bond acceptors (Lipinski definition) is 7. The van der Waals surface area contributed by atoms with E-state index < -0.39 is 11.3 Å². The van der Waals surface area contributed by atoms with Crippen molar-refractivity contribution in [1.82, 2.24) is 4.90 Å². The number of rotatable bonds is 4. The van der Waals surface area contributed by atoms with E-state index in [1.807, 2.05) is 6.07 Å². The second-order valence-corrected chi connectivity index (χ2v) is 9.39. The second kappa shape index (κ2) is 8.65. The van der Waals surface area contributed by atoms with Gasteiger partial charge in [-0.25, -0.2) is 9.59 Å². The van der Waals surface area contributed by atoms with Gasteiger partial charge in [-0.2, -0.15) is 0 Å². The third kappa shape index (κ3) is 3.96. The molecule has 0 spiro atoms. The molecule has 0 unspecified atom stereocenters. The van der Waals surface area contributed by atoms with E-state index in [1.165, 1.54) is 19.6 Å². The monoisotopic (exact) mass is 461 g/mol. The van der Waals surface area contributed by atoms with Crippen LogP contribution in [0.2, 0.25) is 0 Å². The molecule has 4 aromatic rings. The van der Waals surface area contributed by atoms with Crippen molar-refractivity contribution in [2.24, 2.45) is 11.8 Å². The molecule has 0 bridgehead atoms. The molecule has 2 aromatic carbocycles. The van der Waals surface area contributed by atoms with Crippen LogP contribution in [0, 0.1) is 11.8 Å². The maximum Gasteiger partial charge on any atom is 0.344 e. The Morgan fingerprint density at radius 2 is 1.76 bits per heavy atom. The number of para-hydroxylation sites is 1. The van der Waals surface area contributed by atoms with Gasteiger partial charge in [-0.3, -0.25) is 4.90 Å². The number of benzene rings is 2. The first-order chi connectivity index (χ1) is 16.3. The number of phenols is 1. The number of fused-ring (bicyclic) bond motifs is 2. The van der Waals surface area contributed by atoms with Gasteiger partial charge in [-0.15, -0.1) is 0 Å². The molecule has 1 saturated heterocycles. The summed E-state index contributed by atoms with van der Waals surface area (Å²) in [5, 5.41) is 11.9. The Hall–Kier alpha value is -3.58. The van der Waals surface area contributed by atoms with E-state index in [2.05, 4.69) is 18.7 Å². The largest absolute Gasteiger partial charge is 0.507 e. The fourth-order valence-electron chi connectivity index (χ4n) is 5.26. The van der Waals surface area contributed by atoms with Crippen LogP contribution in [0.15, 0.2) is 60.9 Å². The van der Waals surface area contributed by atoms with Gasteiger partial charge in [0.25, 0.3) is 0 Å². The molecule has 0 radical (unpaired) electrons. The minimum Gasteiger partial charge on any atom is -0.507 e. The molecular formula is C27H27NO6. The number of aromatic hydroxyl groups is 1. The lowest BCUT2D eigenvalue weighted by Crippen LogP contribution is -2.38. The van der Waals surface area contributed by atoms with E-state index in [0.717, 1.165) is 13.1 Å². The normalized spacial score (nSPS) is 19.0. The van der Waals surface area contributed by atoms with Gasteiger partial charge in [0.05, 0.1) is 18.2 Å². The molecule has 5 rings (SSSR count). The van der Waals surface area contributed by atoms with Gasteiger partial charge in [0.15, 0.2) is 11.3 Å². The summed E-state index contributed by atoms with van der Waals surface area (Å²) in [5.74, 6) is 1.61. The van der Waals surface area contributed by atoms with Gasteiger partial charge < -0.3 is 18.7 Å². The minimum absolute atomic E-state index is 0.0639. The molecule has 2 atom stereocenters. The predicted molar refractivity (Wildman–Crippen MR) is 130 cm³/mol. The second-order valence-electron chi connectivity index (χ2n) is 9.39. The molecule has 7 heteroatoms. The van der Waals surface area contributed by atoms with Crippen LogP contribution >= 0.6 is 0 Å². The molecule has 2 aromatic heterocycles. The first-order valence-corrected chi connectivity index (χ1v) is 11.5. The predicted octanol–water partition coefficient (Wildman–Crippen LogP) is 4.76. The summed E-state index contributed by atoms with van der Waals surface area (Å²) in [4.78, 5) is 27.9. The van der Waals surface area contributed by atoms with E-state index in [4.69, 9.17) is 13.6 Å². The summed E-state index contributed by atoms with van der Waals surface area (Å²) in [6.07, 6.45) is 1.17. The van der Waals surface area contributed by atoms with Gasteiger partial charge in [0, 0.05) is 42.0 Å². The molecule has 1 aliphatic heterocycles. The number of nitrogens with zero attached hydrogens (tertiary/aromatic N) is 1. The van der Waals surface area contributed by atoms with Crippen LogP contribution in [0.1, 0.15) is 25.8 Å². The lowest BCUT2D eigenvalue weighted by atomic mass is 9.91. The molecule has 176 valence electrons. The molecular weight excluding hydrogens is 434 g/mol. The van der Waals surface area contributed by atoms with Crippen molar-refractivity contribution in [2.75, 3.05) is 20.2 Å². The Morgan fingerprint density at radius 3 is 2.50 bits per heavy atom. The average Bonchev–Trinajstić information content (AvgIpc) is 2.79. The summed E-state index contributed by atoms with van der Waals surface area (Å²) in [7, 11) is 1.51. The van der Waals surface area contributed by atoms with E-state index >= 15 is 0 Å². The Labute approximate surface area is 196 Å². The van der Waals surface area contributed by atoms with Gasteiger partial charge in [0.1, 0.15) is 11.3 Å². The maximum atomic E-state index is 13.0. The van der Waals surface area contributed by atoms with Crippen molar-refractivity contribution in [3.05, 3.63) is 68.9 Å². The molecule has 34 heavy (non-hydrogen) atoms. The highest BCUT2D eigenvalue weighted by Gasteiger charge is 2.25. The fraction of sp³-hybridized carbons (Fsp3) is 0.333. The lowest BCUT2D eigenvalue weighted by molar-refractivity contribution is 0.133. The highest BCUT2D eigenvalue weighted by molar-refractivity contribution is 5.97. The number of phenolic OH excluding ortho intramolecular Hbond substituents is 1. The molecule has 1 aliphatic rings. The third-order valence-electron chi connectivity index (χ3n) is 6.55. The van der Waals surface area contributed by atoms with Gasteiger partial charge in [0.2, 0.25) is 0 Å². The first-order valence-electron chi connectivity index (χ1n) is 11.5. The van der Waals surface area contributed by atoms with E-state index in [9.17, 15) is 14.7 Å². The first kappa shape index (κ1) is 22.2. The van der Waals surface area contributed by atoms with Crippen LogP contribution < -0.4 is 16.0 Å². The summed E-state index contributed by atoms with van der Waals surface area (Å²) >= 11 is 0. The van der Waals surface area contributed by atoms with Crippen molar-refractivity contribution in [2.45, 2.75) is 26.8 Å². The van der Waals surface area contributed by atoms with Crippen LogP contribution in [0.25, 0.3) is 33.1 Å². The van der Waals surface area contributed by atoms with Crippen LogP contribution in [0.5, 0.6) is 11.5 Å². The molecule has 0 aliphatic carbocycles. The zero-order chi connectivity index (χ0) is 24.0. The molecule has 0 amide bonds. The number of piperidine rings is 1. The Bertz CT molecular complexity index is 1490. The molecule has 1 fully saturated rings. The summed E-state index contributed by atoms with van der Waals surface area (Å²) in [5.41, 5.74) is 0.653. The van der Waals surface area contributed by atoms with E-state index in [1.54, 1.807) is 30.3 Å². The van der Waals surface area contributed by atoms with Gasteiger partial charge >= 0.3 is 11.3 Å². The van der Waals surface area contributed by atoms with Gasteiger partial charge in [-0.05, 0) is 42.5 Å². The van der Waals surface area contributed by atoms with Crippen molar-refractivity contribution in [1.29, 1.82) is 0 Å². The van der Waals surface area contributed by atoms with Gasteiger partial charge in [-0.1, -0.05) is 26.0 Å². The lowest BCUT2D eigenvalue weighted by Gasteiger charge is -2.35. The van der Waals surface area contributed by atoms with Crippen molar-refractivity contribution < 1.29 is 18.7 Å². The van der Waals surface area contributed by atoms with Crippen LogP contribution in [-0.4, -0.2) is 30.2 Å². The summed E-state index contributed by atoms with van der Waals surface area (Å²) in [6, 6.07) is 11.6. The Morgan fingerprint density at radius 1 is 1.00 bits per heavy atom. The Kier molecular flexibility index (Phi) is 5.65. The number of likely N-dealkylation sites (tertiary alicyclic amines) is 1. The van der Waals surface area contributed by atoms with E-state index in [0.29, 0.717) is 57.2 Å². The third-order valence-corrected chi connectivity index (χ3v) is 6.55. The SMILES string of the molecule is COc1cccc2cc(-c3cc(=O)oc4c(CN5C[C@H](C)C[C@@H](C)C5)c(O)ccc34)c(=O)oc12.